The van der Waals surface area contributed by atoms with Crippen LogP contribution in [-0.2, 0) is 11.3 Å². The van der Waals surface area contributed by atoms with Crippen LogP contribution >= 0.6 is 11.8 Å². The van der Waals surface area contributed by atoms with E-state index in [1.165, 1.54) is 11.8 Å². The second-order valence-electron chi connectivity index (χ2n) is 6.38. The van der Waals surface area contributed by atoms with E-state index < -0.39 is 0 Å². The van der Waals surface area contributed by atoms with Crippen molar-refractivity contribution in [1.29, 1.82) is 0 Å². The van der Waals surface area contributed by atoms with Gasteiger partial charge in [-0.05, 0) is 42.0 Å². The van der Waals surface area contributed by atoms with Crippen molar-refractivity contribution >= 4 is 34.5 Å². The summed E-state index contributed by atoms with van der Waals surface area (Å²) in [6.45, 7) is 0.650. The Morgan fingerprint density at radius 3 is 2.62 bits per heavy atom. The number of hydrogen-bond acceptors (Lipinski definition) is 5. The standard InChI is InChI=1S/C22H20N4O2S/c1-28-18-11-9-17(10-12-18)24-20(27)15-29-22-25-19-8-5-13-23-21(19)26(22)14-16-6-3-2-4-7-16/h2-13H,14-15H2,1H3,(H,24,27). The van der Waals surface area contributed by atoms with Gasteiger partial charge in [0.1, 0.15) is 11.3 Å². The molecular formula is C22H20N4O2S. The number of rotatable bonds is 7. The molecule has 4 rings (SSSR count). The van der Waals surface area contributed by atoms with Crippen molar-refractivity contribution in [3.8, 4) is 5.75 Å². The molecule has 6 nitrogen and oxygen atoms in total. The number of ether oxygens (including phenoxy) is 1. The zero-order valence-corrected chi connectivity index (χ0v) is 16.7. The third-order valence-electron chi connectivity index (χ3n) is 4.36. The number of pyridine rings is 1. The minimum atomic E-state index is -0.0913. The van der Waals surface area contributed by atoms with E-state index in [2.05, 4.69) is 32.0 Å². The molecule has 7 heteroatoms. The first kappa shape index (κ1) is 19.0. The summed E-state index contributed by atoms with van der Waals surface area (Å²) in [6, 6.07) is 21.2. The summed E-state index contributed by atoms with van der Waals surface area (Å²) in [7, 11) is 1.61. The van der Waals surface area contributed by atoms with E-state index in [9.17, 15) is 4.79 Å². The van der Waals surface area contributed by atoms with E-state index in [4.69, 9.17) is 4.74 Å². The highest BCUT2D eigenvalue weighted by Gasteiger charge is 2.14. The molecule has 2 aromatic carbocycles. The van der Waals surface area contributed by atoms with Gasteiger partial charge in [0.05, 0.1) is 19.4 Å². The lowest BCUT2D eigenvalue weighted by Crippen LogP contribution is -2.14. The van der Waals surface area contributed by atoms with Gasteiger partial charge in [-0.3, -0.25) is 9.36 Å². The smallest absolute Gasteiger partial charge is 0.234 e. The fourth-order valence-corrected chi connectivity index (χ4v) is 3.76. The van der Waals surface area contributed by atoms with E-state index in [0.717, 1.165) is 33.3 Å². The predicted molar refractivity (Wildman–Crippen MR) is 115 cm³/mol. The molecule has 1 N–H and O–H groups in total. The van der Waals surface area contributed by atoms with Gasteiger partial charge in [0.2, 0.25) is 5.91 Å². The van der Waals surface area contributed by atoms with Gasteiger partial charge < -0.3 is 10.1 Å². The van der Waals surface area contributed by atoms with Crippen molar-refractivity contribution in [2.75, 3.05) is 18.2 Å². The van der Waals surface area contributed by atoms with Gasteiger partial charge in [-0.25, -0.2) is 9.97 Å². The van der Waals surface area contributed by atoms with Crippen molar-refractivity contribution in [1.82, 2.24) is 14.5 Å². The Labute approximate surface area is 172 Å². The SMILES string of the molecule is COc1ccc(NC(=O)CSc2nc3cccnc3n2Cc2ccccc2)cc1. The molecular weight excluding hydrogens is 384 g/mol. The number of hydrogen-bond donors (Lipinski definition) is 1. The molecule has 2 aromatic heterocycles. The Hall–Kier alpha value is -3.32. The molecule has 0 radical (unpaired) electrons. The molecule has 0 bridgehead atoms. The quantitative estimate of drug-likeness (QED) is 0.467. The number of fused-ring (bicyclic) bond motifs is 1. The molecule has 29 heavy (non-hydrogen) atoms. The lowest BCUT2D eigenvalue weighted by molar-refractivity contribution is -0.113. The molecule has 0 unspecified atom stereocenters. The topological polar surface area (TPSA) is 69.0 Å². The maximum atomic E-state index is 12.4. The normalized spacial score (nSPS) is 10.8. The van der Waals surface area contributed by atoms with Crippen molar-refractivity contribution < 1.29 is 9.53 Å². The number of methoxy groups -OCH3 is 1. The summed E-state index contributed by atoms with van der Waals surface area (Å²) in [4.78, 5) is 21.6. The van der Waals surface area contributed by atoms with Gasteiger partial charge in [-0.1, -0.05) is 42.1 Å². The second kappa shape index (κ2) is 8.79. The fourth-order valence-electron chi connectivity index (χ4n) is 2.96. The van der Waals surface area contributed by atoms with E-state index in [1.807, 2.05) is 54.6 Å². The number of carbonyl (C=O) groups is 1. The van der Waals surface area contributed by atoms with Crippen LogP contribution < -0.4 is 10.1 Å². The highest BCUT2D eigenvalue weighted by molar-refractivity contribution is 7.99. The number of nitrogens with one attached hydrogen (secondary N) is 1. The highest BCUT2D eigenvalue weighted by atomic mass is 32.2. The van der Waals surface area contributed by atoms with Gasteiger partial charge in [0.15, 0.2) is 10.8 Å². The number of imidazole rings is 1. The number of thioether (sulfide) groups is 1. The minimum absolute atomic E-state index is 0.0913. The van der Waals surface area contributed by atoms with E-state index in [1.54, 1.807) is 13.3 Å². The Morgan fingerprint density at radius 2 is 1.86 bits per heavy atom. The zero-order chi connectivity index (χ0) is 20.1. The number of aromatic nitrogens is 3. The molecule has 0 aliphatic carbocycles. The van der Waals surface area contributed by atoms with Crippen molar-refractivity contribution in [2.45, 2.75) is 11.7 Å². The molecule has 0 fully saturated rings. The van der Waals surface area contributed by atoms with E-state index in [0.29, 0.717) is 6.54 Å². The predicted octanol–water partition coefficient (Wildman–Crippen LogP) is 4.22. The number of benzene rings is 2. The summed E-state index contributed by atoms with van der Waals surface area (Å²) in [5.41, 5.74) is 3.52. The molecule has 146 valence electrons. The van der Waals surface area contributed by atoms with Crippen LogP contribution in [0.15, 0.2) is 78.1 Å². The molecule has 0 saturated carbocycles. The van der Waals surface area contributed by atoms with Gasteiger partial charge >= 0.3 is 0 Å². The first-order valence-electron chi connectivity index (χ1n) is 9.15. The zero-order valence-electron chi connectivity index (χ0n) is 15.9. The molecule has 0 saturated heterocycles. The van der Waals surface area contributed by atoms with E-state index in [-0.39, 0.29) is 11.7 Å². The maximum Gasteiger partial charge on any atom is 0.234 e. The Bertz CT molecular complexity index is 1110. The van der Waals surface area contributed by atoms with Gasteiger partial charge in [0.25, 0.3) is 0 Å². The molecule has 2 heterocycles. The average molecular weight is 404 g/mol. The minimum Gasteiger partial charge on any atom is -0.497 e. The van der Waals surface area contributed by atoms with Gasteiger partial charge in [-0.2, -0.15) is 0 Å². The first-order chi connectivity index (χ1) is 14.2. The van der Waals surface area contributed by atoms with Crippen LogP contribution in [0.2, 0.25) is 0 Å². The average Bonchev–Trinajstić information content (AvgIpc) is 3.11. The number of anilines is 1. The number of nitrogens with zero attached hydrogens (tertiary/aromatic N) is 3. The molecule has 0 atom stereocenters. The Kier molecular flexibility index (Phi) is 5.76. The van der Waals surface area contributed by atoms with Crippen LogP contribution in [0.4, 0.5) is 5.69 Å². The molecule has 4 aromatic rings. The van der Waals surface area contributed by atoms with Crippen LogP contribution in [0.1, 0.15) is 5.56 Å². The van der Waals surface area contributed by atoms with Crippen LogP contribution in [-0.4, -0.2) is 33.3 Å². The van der Waals surface area contributed by atoms with Crippen LogP contribution in [0.25, 0.3) is 11.2 Å². The first-order valence-corrected chi connectivity index (χ1v) is 10.1. The summed E-state index contributed by atoms with van der Waals surface area (Å²) in [5, 5.41) is 3.67. The molecule has 0 aliphatic heterocycles. The summed E-state index contributed by atoms with van der Waals surface area (Å²) >= 11 is 1.40. The fraction of sp³-hybridized carbons (Fsp3) is 0.136. The summed E-state index contributed by atoms with van der Waals surface area (Å²) < 4.78 is 7.19. The summed E-state index contributed by atoms with van der Waals surface area (Å²) in [5.74, 6) is 0.912. The van der Waals surface area contributed by atoms with Crippen molar-refractivity contribution in [2.24, 2.45) is 0 Å². The monoisotopic (exact) mass is 404 g/mol. The lowest BCUT2D eigenvalue weighted by Gasteiger charge is -2.09. The number of carbonyl (C=O) groups excluding carboxylic acids is 1. The Balaban J connectivity index is 1.49. The van der Waals surface area contributed by atoms with Crippen LogP contribution in [0, 0.1) is 0 Å². The Morgan fingerprint density at radius 1 is 1.07 bits per heavy atom. The summed E-state index contributed by atoms with van der Waals surface area (Å²) in [6.07, 6.45) is 1.76. The highest BCUT2D eigenvalue weighted by Crippen LogP contribution is 2.24. The maximum absolute atomic E-state index is 12.4. The lowest BCUT2D eigenvalue weighted by atomic mass is 10.2. The number of amides is 1. The van der Waals surface area contributed by atoms with Crippen LogP contribution in [0.3, 0.4) is 0 Å². The molecule has 0 aliphatic rings. The molecule has 1 amide bonds. The van der Waals surface area contributed by atoms with Gasteiger partial charge in [0, 0.05) is 11.9 Å². The third-order valence-corrected chi connectivity index (χ3v) is 5.33. The largest absolute Gasteiger partial charge is 0.497 e. The molecule has 0 spiro atoms. The third kappa shape index (κ3) is 4.57. The van der Waals surface area contributed by atoms with Crippen molar-refractivity contribution in [3.05, 3.63) is 78.5 Å². The van der Waals surface area contributed by atoms with Crippen molar-refractivity contribution in [3.63, 3.8) is 0 Å². The second-order valence-corrected chi connectivity index (χ2v) is 7.32. The van der Waals surface area contributed by atoms with Gasteiger partial charge in [-0.15, -0.1) is 0 Å². The van der Waals surface area contributed by atoms with E-state index >= 15 is 0 Å². The van der Waals surface area contributed by atoms with Crippen LogP contribution in [0.5, 0.6) is 5.75 Å².